The first-order chi connectivity index (χ1) is 12.0. The average Bonchev–Trinajstić information content (AvgIpc) is 2.67. The van der Waals surface area contributed by atoms with Crippen LogP contribution in [0, 0.1) is 5.92 Å². The normalized spacial score (nSPS) is 21.6. The van der Waals surface area contributed by atoms with Crippen molar-refractivity contribution >= 4 is 0 Å². The molecule has 1 aliphatic rings. The van der Waals surface area contributed by atoms with Gasteiger partial charge in [-0.25, -0.2) is 0 Å². The molecule has 1 saturated heterocycles. The van der Waals surface area contributed by atoms with Crippen LogP contribution in [-0.2, 0) is 0 Å². The molecule has 0 aromatic heterocycles. The van der Waals surface area contributed by atoms with Gasteiger partial charge in [-0.05, 0) is 42.9 Å². The maximum atomic E-state index is 2.69. The highest BCUT2D eigenvalue weighted by atomic mass is 15.3. The van der Waals surface area contributed by atoms with Crippen molar-refractivity contribution in [2.45, 2.75) is 79.8 Å². The molecule has 3 unspecified atom stereocenters. The predicted octanol–water partition coefficient (Wildman–Crippen LogP) is 5.95. The van der Waals surface area contributed by atoms with Crippen molar-refractivity contribution in [2.24, 2.45) is 5.92 Å². The van der Waals surface area contributed by atoms with Crippen LogP contribution in [0.5, 0.6) is 0 Å². The molecule has 144 valence electrons. The number of piperazine rings is 1. The van der Waals surface area contributed by atoms with Gasteiger partial charge in [0.2, 0.25) is 0 Å². The molecule has 1 aromatic rings. The van der Waals surface area contributed by atoms with E-state index in [0.29, 0.717) is 18.0 Å². The molecule has 1 aromatic carbocycles. The maximum absolute atomic E-state index is 2.69. The van der Waals surface area contributed by atoms with E-state index in [2.05, 4.69) is 75.6 Å². The van der Waals surface area contributed by atoms with Gasteiger partial charge in [-0.1, -0.05) is 72.7 Å². The summed E-state index contributed by atoms with van der Waals surface area (Å²) in [6.45, 7) is 22.8. The number of likely N-dealkylation sites (N-methyl/N-ethyl adjacent to an activating group) is 1. The zero-order chi connectivity index (χ0) is 19.0. The highest BCUT2D eigenvalue weighted by Gasteiger charge is 2.30. The van der Waals surface area contributed by atoms with Gasteiger partial charge < -0.3 is 0 Å². The standard InChI is InChI=1S/C21H36N2.C2H6/c1-7-17(5)19-10-9-11-20(14-19)18(6)23-13-12-22(8-2)21(15-23)16(3)4;1-2/h9-11,14,16-18,21H,7-8,12-13,15H2,1-6H3;1-2H3. The summed E-state index contributed by atoms with van der Waals surface area (Å²) in [6.07, 6.45) is 1.21. The molecule has 0 saturated carbocycles. The van der Waals surface area contributed by atoms with Crippen LogP contribution in [0.3, 0.4) is 0 Å². The summed E-state index contributed by atoms with van der Waals surface area (Å²) in [5, 5.41) is 0. The Balaban J connectivity index is 0.00000151. The Kier molecular flexibility index (Phi) is 9.74. The highest BCUT2D eigenvalue weighted by molar-refractivity contribution is 5.28. The molecule has 0 N–H and O–H groups in total. The Hall–Kier alpha value is -0.860. The molecule has 0 bridgehead atoms. The Morgan fingerprint density at radius 1 is 1.00 bits per heavy atom. The van der Waals surface area contributed by atoms with Gasteiger partial charge in [-0.2, -0.15) is 0 Å². The topological polar surface area (TPSA) is 6.48 Å². The molecular weight excluding hydrogens is 304 g/mol. The van der Waals surface area contributed by atoms with Gasteiger partial charge >= 0.3 is 0 Å². The monoisotopic (exact) mass is 346 g/mol. The fourth-order valence-electron chi connectivity index (χ4n) is 3.82. The fraction of sp³-hybridized carbons (Fsp3) is 0.739. The lowest BCUT2D eigenvalue weighted by Crippen LogP contribution is -2.55. The van der Waals surface area contributed by atoms with Crippen LogP contribution in [0.2, 0.25) is 0 Å². The van der Waals surface area contributed by atoms with Crippen LogP contribution in [0.1, 0.15) is 84.9 Å². The summed E-state index contributed by atoms with van der Waals surface area (Å²) >= 11 is 0. The van der Waals surface area contributed by atoms with E-state index < -0.39 is 0 Å². The third-order valence-corrected chi connectivity index (χ3v) is 5.86. The van der Waals surface area contributed by atoms with E-state index in [1.54, 1.807) is 0 Å². The molecular formula is C23H42N2. The molecule has 1 heterocycles. The van der Waals surface area contributed by atoms with E-state index in [0.717, 1.165) is 5.92 Å². The number of nitrogens with zero attached hydrogens (tertiary/aromatic N) is 2. The van der Waals surface area contributed by atoms with Crippen LogP contribution in [0.15, 0.2) is 24.3 Å². The molecule has 0 spiro atoms. The molecule has 2 nitrogen and oxygen atoms in total. The number of hydrogen-bond donors (Lipinski definition) is 0. The first-order valence-corrected chi connectivity index (χ1v) is 10.6. The molecule has 0 aliphatic carbocycles. The largest absolute Gasteiger partial charge is 0.298 e. The van der Waals surface area contributed by atoms with Crippen molar-refractivity contribution in [3.8, 4) is 0 Å². The Morgan fingerprint density at radius 2 is 1.64 bits per heavy atom. The third kappa shape index (κ3) is 5.82. The second-order valence-electron chi connectivity index (χ2n) is 7.59. The van der Waals surface area contributed by atoms with E-state index in [4.69, 9.17) is 0 Å². The smallest absolute Gasteiger partial charge is 0.0321 e. The molecule has 3 atom stereocenters. The van der Waals surface area contributed by atoms with E-state index in [-0.39, 0.29) is 0 Å². The summed E-state index contributed by atoms with van der Waals surface area (Å²) in [6, 6.07) is 10.5. The maximum Gasteiger partial charge on any atom is 0.0321 e. The van der Waals surface area contributed by atoms with E-state index in [1.807, 2.05) is 13.8 Å². The molecule has 25 heavy (non-hydrogen) atoms. The molecule has 0 radical (unpaired) electrons. The Bertz CT molecular complexity index is 483. The summed E-state index contributed by atoms with van der Waals surface area (Å²) in [5.74, 6) is 1.37. The molecule has 2 rings (SSSR count). The van der Waals surface area contributed by atoms with Crippen molar-refractivity contribution in [1.82, 2.24) is 9.80 Å². The van der Waals surface area contributed by atoms with E-state index >= 15 is 0 Å². The second kappa shape index (κ2) is 11.0. The Morgan fingerprint density at radius 3 is 2.20 bits per heavy atom. The van der Waals surface area contributed by atoms with Gasteiger partial charge in [0.1, 0.15) is 0 Å². The summed E-state index contributed by atoms with van der Waals surface area (Å²) < 4.78 is 0. The summed E-state index contributed by atoms with van der Waals surface area (Å²) in [4.78, 5) is 5.34. The van der Waals surface area contributed by atoms with Crippen LogP contribution in [0.25, 0.3) is 0 Å². The number of rotatable bonds is 6. The minimum atomic E-state index is 0.513. The molecule has 1 fully saturated rings. The van der Waals surface area contributed by atoms with Crippen molar-refractivity contribution in [2.75, 3.05) is 26.2 Å². The first-order valence-electron chi connectivity index (χ1n) is 10.6. The van der Waals surface area contributed by atoms with Gasteiger partial charge in [0, 0.05) is 31.7 Å². The first kappa shape index (κ1) is 22.2. The molecule has 1 aliphatic heterocycles. The lowest BCUT2D eigenvalue weighted by Gasteiger charge is -2.45. The number of benzene rings is 1. The van der Waals surface area contributed by atoms with Gasteiger partial charge in [0.05, 0.1) is 0 Å². The van der Waals surface area contributed by atoms with E-state index in [1.165, 1.54) is 43.7 Å². The SMILES string of the molecule is CC.CCC(C)c1cccc(C(C)N2CCN(CC)C(C(C)C)C2)c1. The molecule has 2 heteroatoms. The average molecular weight is 347 g/mol. The van der Waals surface area contributed by atoms with Crippen LogP contribution >= 0.6 is 0 Å². The van der Waals surface area contributed by atoms with Crippen molar-refractivity contribution in [1.29, 1.82) is 0 Å². The quantitative estimate of drug-likeness (QED) is 0.628. The zero-order valence-corrected chi connectivity index (χ0v) is 18.0. The Labute approximate surface area is 157 Å². The zero-order valence-electron chi connectivity index (χ0n) is 18.0. The lowest BCUT2D eigenvalue weighted by molar-refractivity contribution is 0.0341. The summed E-state index contributed by atoms with van der Waals surface area (Å²) in [5.41, 5.74) is 2.97. The van der Waals surface area contributed by atoms with Gasteiger partial charge in [0.15, 0.2) is 0 Å². The highest BCUT2D eigenvalue weighted by Crippen LogP contribution is 2.28. The van der Waals surface area contributed by atoms with Gasteiger partial charge in [0.25, 0.3) is 0 Å². The minimum Gasteiger partial charge on any atom is -0.298 e. The lowest BCUT2D eigenvalue weighted by atomic mass is 9.93. The van der Waals surface area contributed by atoms with Gasteiger partial charge in [-0.3, -0.25) is 9.80 Å². The fourth-order valence-corrected chi connectivity index (χ4v) is 3.82. The van der Waals surface area contributed by atoms with Crippen molar-refractivity contribution in [3.05, 3.63) is 35.4 Å². The number of hydrogen-bond acceptors (Lipinski definition) is 2. The van der Waals surface area contributed by atoms with Crippen LogP contribution in [0.4, 0.5) is 0 Å². The van der Waals surface area contributed by atoms with Crippen LogP contribution in [-0.4, -0.2) is 42.0 Å². The van der Waals surface area contributed by atoms with Gasteiger partial charge in [-0.15, -0.1) is 0 Å². The minimum absolute atomic E-state index is 0.513. The van der Waals surface area contributed by atoms with Crippen molar-refractivity contribution in [3.63, 3.8) is 0 Å². The third-order valence-electron chi connectivity index (χ3n) is 5.86. The predicted molar refractivity (Wildman–Crippen MR) is 112 cm³/mol. The molecule has 0 amide bonds. The van der Waals surface area contributed by atoms with Crippen LogP contribution < -0.4 is 0 Å². The second-order valence-corrected chi connectivity index (χ2v) is 7.59. The van der Waals surface area contributed by atoms with Crippen molar-refractivity contribution < 1.29 is 0 Å². The van der Waals surface area contributed by atoms with E-state index in [9.17, 15) is 0 Å². The summed E-state index contributed by atoms with van der Waals surface area (Å²) in [7, 11) is 0.